The van der Waals surface area contributed by atoms with Crippen LogP contribution in [0.3, 0.4) is 0 Å². The third-order valence-electron chi connectivity index (χ3n) is 6.23. The van der Waals surface area contributed by atoms with Crippen molar-refractivity contribution in [3.05, 3.63) is 71.4 Å². The van der Waals surface area contributed by atoms with Crippen LogP contribution in [0, 0.1) is 6.92 Å². The Morgan fingerprint density at radius 2 is 1.87 bits per heavy atom. The lowest BCUT2D eigenvalue weighted by molar-refractivity contribution is -0.274. The highest BCUT2D eigenvalue weighted by atomic mass is 19.4. The molecule has 0 bridgehead atoms. The highest BCUT2D eigenvalue weighted by Crippen LogP contribution is 2.27. The van der Waals surface area contributed by atoms with E-state index in [-0.39, 0.29) is 29.5 Å². The Morgan fingerprint density at radius 3 is 2.58 bits per heavy atom. The van der Waals surface area contributed by atoms with Gasteiger partial charge in [-0.15, -0.1) is 13.2 Å². The van der Waals surface area contributed by atoms with Gasteiger partial charge in [-0.2, -0.15) is 10.1 Å². The third-order valence-corrected chi connectivity index (χ3v) is 6.23. The first kappa shape index (κ1) is 25.5. The molecule has 0 unspecified atom stereocenters. The lowest BCUT2D eigenvalue weighted by Gasteiger charge is -2.29. The number of hydrogen-bond acceptors (Lipinski definition) is 7. The zero-order chi connectivity index (χ0) is 26.9. The fourth-order valence-corrected chi connectivity index (χ4v) is 4.25. The summed E-state index contributed by atoms with van der Waals surface area (Å²) < 4.78 is 48.1. The van der Waals surface area contributed by atoms with Crippen LogP contribution in [0.15, 0.2) is 59.1 Å². The number of benzene rings is 2. The number of rotatable bonds is 6. The van der Waals surface area contributed by atoms with E-state index in [4.69, 9.17) is 4.52 Å². The van der Waals surface area contributed by atoms with Crippen molar-refractivity contribution in [2.24, 2.45) is 0 Å². The van der Waals surface area contributed by atoms with Crippen LogP contribution in [0.5, 0.6) is 5.75 Å². The zero-order valence-corrected chi connectivity index (χ0v) is 20.4. The molecule has 3 heterocycles. The summed E-state index contributed by atoms with van der Waals surface area (Å²) in [5.41, 5.74) is 3.19. The quantitative estimate of drug-likeness (QED) is 0.395. The van der Waals surface area contributed by atoms with Crippen LogP contribution in [-0.2, 0) is 6.54 Å². The number of aryl methyl sites for hydroxylation is 1. The number of aliphatic hydroxyl groups excluding tert-OH is 1. The van der Waals surface area contributed by atoms with Gasteiger partial charge < -0.3 is 19.3 Å². The number of carbonyl (C=O) groups excluding carboxylic acids is 1. The van der Waals surface area contributed by atoms with Crippen molar-refractivity contribution in [3.8, 4) is 28.7 Å². The van der Waals surface area contributed by atoms with E-state index in [1.54, 1.807) is 21.7 Å². The normalized spacial score (nSPS) is 14.6. The molecule has 1 amide bonds. The van der Waals surface area contributed by atoms with Gasteiger partial charge in [-0.3, -0.25) is 9.48 Å². The van der Waals surface area contributed by atoms with Crippen molar-refractivity contribution in [3.63, 3.8) is 0 Å². The molecule has 4 aromatic rings. The predicted octanol–water partition coefficient (Wildman–Crippen LogP) is 4.45. The number of amides is 1. The number of carbonyl (C=O) groups is 1. The molecular weight excluding hydrogens is 503 g/mol. The van der Waals surface area contributed by atoms with Gasteiger partial charge in [-0.1, -0.05) is 17.3 Å². The van der Waals surface area contributed by atoms with E-state index < -0.39 is 6.36 Å². The van der Waals surface area contributed by atoms with Crippen LogP contribution in [0.4, 0.5) is 13.2 Å². The van der Waals surface area contributed by atoms with Crippen molar-refractivity contribution in [2.45, 2.75) is 38.8 Å². The van der Waals surface area contributed by atoms with E-state index in [9.17, 15) is 23.1 Å². The van der Waals surface area contributed by atoms with Gasteiger partial charge in [0.15, 0.2) is 5.69 Å². The first-order chi connectivity index (χ1) is 18.1. The van der Waals surface area contributed by atoms with Gasteiger partial charge in [0.1, 0.15) is 5.75 Å². The molecule has 0 aliphatic carbocycles. The minimum absolute atomic E-state index is 0.0620. The highest BCUT2D eigenvalue weighted by Gasteiger charge is 2.31. The number of halogens is 3. The average Bonchev–Trinajstić information content (AvgIpc) is 3.51. The molecule has 1 saturated heterocycles. The molecule has 1 aliphatic heterocycles. The van der Waals surface area contributed by atoms with E-state index in [1.807, 2.05) is 25.1 Å². The molecule has 2 aromatic heterocycles. The Bertz CT molecular complexity index is 1420. The fraction of sp³-hybridized carbons (Fsp3) is 0.308. The summed E-state index contributed by atoms with van der Waals surface area (Å²) in [5, 5.41) is 18.2. The molecule has 12 heteroatoms. The molecule has 198 valence electrons. The highest BCUT2D eigenvalue weighted by molar-refractivity contribution is 5.94. The molecule has 1 fully saturated rings. The van der Waals surface area contributed by atoms with Crippen LogP contribution >= 0.6 is 0 Å². The van der Waals surface area contributed by atoms with E-state index >= 15 is 0 Å². The smallest absolute Gasteiger partial charge is 0.406 e. The average molecular weight is 528 g/mol. The van der Waals surface area contributed by atoms with Gasteiger partial charge in [0, 0.05) is 29.9 Å². The maximum atomic E-state index is 12.9. The summed E-state index contributed by atoms with van der Waals surface area (Å²) in [6.07, 6.45) is -3.96. The number of aliphatic hydroxyl groups is 1. The van der Waals surface area contributed by atoms with Crippen molar-refractivity contribution in [1.29, 1.82) is 0 Å². The minimum atomic E-state index is -4.77. The monoisotopic (exact) mass is 527 g/mol. The van der Waals surface area contributed by atoms with E-state index in [2.05, 4.69) is 20.0 Å². The second-order valence-electron chi connectivity index (χ2n) is 9.05. The topological polar surface area (TPSA) is 107 Å². The number of nitrogens with zero attached hydrogens (tertiary/aromatic N) is 5. The molecule has 38 heavy (non-hydrogen) atoms. The number of ether oxygens (including phenoxy) is 1. The second kappa shape index (κ2) is 10.3. The van der Waals surface area contributed by atoms with Crippen molar-refractivity contribution < 1.29 is 32.3 Å². The van der Waals surface area contributed by atoms with Crippen molar-refractivity contribution in [2.75, 3.05) is 13.1 Å². The lowest BCUT2D eigenvalue weighted by atomic mass is 10.1. The van der Waals surface area contributed by atoms with Crippen LogP contribution in [0.1, 0.15) is 34.5 Å². The standard InChI is InChI=1S/C26H24F3N5O4/c1-16-13-22(24-30-23(32-38-24)18-5-7-21(8-6-18)37-26(27,28)29)31-34(16)15-17-3-2-4-19(14-17)25(36)33-11-9-20(35)10-12-33/h2-8,13-14,20,35H,9-12,15H2,1H3. The Kier molecular flexibility index (Phi) is 6.89. The first-order valence-electron chi connectivity index (χ1n) is 12.0. The molecule has 0 atom stereocenters. The molecule has 0 saturated carbocycles. The molecule has 2 aromatic carbocycles. The SMILES string of the molecule is Cc1cc(-c2nc(-c3ccc(OC(F)(F)F)cc3)no2)nn1Cc1cccc(C(=O)N2CCC(O)CC2)c1. The van der Waals surface area contributed by atoms with Crippen molar-refractivity contribution >= 4 is 5.91 Å². The molecule has 9 nitrogen and oxygen atoms in total. The summed E-state index contributed by atoms with van der Waals surface area (Å²) in [5.74, 6) is -0.0521. The van der Waals surface area contributed by atoms with Gasteiger partial charge >= 0.3 is 6.36 Å². The summed E-state index contributed by atoms with van der Waals surface area (Å²) in [6, 6.07) is 14.3. The van der Waals surface area contributed by atoms with Gasteiger partial charge in [0.2, 0.25) is 5.82 Å². The lowest BCUT2D eigenvalue weighted by Crippen LogP contribution is -2.40. The molecule has 0 spiro atoms. The van der Waals surface area contributed by atoms with Crippen LogP contribution < -0.4 is 4.74 Å². The maximum Gasteiger partial charge on any atom is 0.573 e. The molecule has 0 radical (unpaired) electrons. The maximum absolute atomic E-state index is 12.9. The minimum Gasteiger partial charge on any atom is -0.406 e. The third kappa shape index (κ3) is 5.86. The van der Waals surface area contributed by atoms with E-state index in [0.717, 1.165) is 11.3 Å². The number of alkyl halides is 3. The molecule has 1 N–H and O–H groups in total. The number of hydrogen-bond donors (Lipinski definition) is 1. The zero-order valence-electron chi connectivity index (χ0n) is 20.4. The van der Waals surface area contributed by atoms with Crippen LogP contribution in [0.2, 0.25) is 0 Å². The fourth-order valence-electron chi connectivity index (χ4n) is 4.25. The molecule has 5 rings (SSSR count). The summed E-state index contributed by atoms with van der Waals surface area (Å²) in [7, 11) is 0. The number of likely N-dealkylation sites (tertiary alicyclic amines) is 1. The Balaban J connectivity index is 1.28. The number of aromatic nitrogens is 4. The largest absolute Gasteiger partial charge is 0.573 e. The molecule has 1 aliphatic rings. The van der Waals surface area contributed by atoms with Crippen LogP contribution in [-0.4, -0.2) is 61.4 Å². The Hall–Kier alpha value is -4.19. The van der Waals surface area contributed by atoms with E-state index in [0.29, 0.717) is 49.3 Å². The van der Waals surface area contributed by atoms with E-state index in [1.165, 1.54) is 24.3 Å². The predicted molar refractivity (Wildman–Crippen MR) is 129 cm³/mol. The molecular formula is C26H24F3N5O4. The van der Waals surface area contributed by atoms with Crippen LogP contribution in [0.25, 0.3) is 23.0 Å². The Morgan fingerprint density at radius 1 is 1.13 bits per heavy atom. The summed E-state index contributed by atoms with van der Waals surface area (Å²) >= 11 is 0. The number of piperidine rings is 1. The van der Waals surface area contributed by atoms with Gasteiger partial charge in [0.25, 0.3) is 11.8 Å². The summed E-state index contributed by atoms with van der Waals surface area (Å²) in [6.45, 7) is 3.35. The summed E-state index contributed by atoms with van der Waals surface area (Å²) in [4.78, 5) is 19.0. The second-order valence-corrected chi connectivity index (χ2v) is 9.05. The Labute approximate surface area is 215 Å². The van der Waals surface area contributed by atoms with Crippen molar-refractivity contribution in [1.82, 2.24) is 24.8 Å². The first-order valence-corrected chi connectivity index (χ1v) is 12.0. The van der Waals surface area contributed by atoms with Gasteiger partial charge in [-0.25, -0.2) is 0 Å². The van der Waals surface area contributed by atoms with Gasteiger partial charge in [-0.05, 0) is 67.8 Å². The van der Waals surface area contributed by atoms with Gasteiger partial charge in [0.05, 0.1) is 12.6 Å².